The second kappa shape index (κ2) is 10.9. The normalized spacial score (nSPS) is 33.3. The van der Waals surface area contributed by atoms with Crippen LogP contribution < -0.4 is 14.4 Å². The Hall–Kier alpha value is -2.55. The number of rotatable bonds is 1. The predicted octanol–water partition coefficient (Wildman–Crippen LogP) is 5.25. The molecule has 0 saturated heterocycles. The molecule has 1 amide bonds. The molecule has 2 N–H and O–H groups in total. The van der Waals surface area contributed by atoms with E-state index in [1.54, 1.807) is 18.2 Å². The second-order valence-corrected chi connectivity index (χ2v) is 15.5. The van der Waals surface area contributed by atoms with E-state index in [4.69, 9.17) is 16.3 Å². The van der Waals surface area contributed by atoms with Gasteiger partial charge in [-0.25, -0.2) is 13.1 Å². The third-order valence-corrected chi connectivity index (χ3v) is 12.0. The van der Waals surface area contributed by atoms with Crippen molar-refractivity contribution in [3.05, 3.63) is 70.3 Å². The summed E-state index contributed by atoms with van der Waals surface area (Å²) in [6.07, 6.45) is 10.9. The highest BCUT2D eigenvalue weighted by molar-refractivity contribution is 7.90. The van der Waals surface area contributed by atoms with Crippen molar-refractivity contribution in [2.24, 2.45) is 23.7 Å². The number of amides is 1. The number of ether oxygens (including phenoxy) is 1. The number of halogens is 1. The number of allylic oxidation sites excluding steroid dienone is 1. The lowest BCUT2D eigenvalue weighted by atomic mass is 9.68. The fraction of sp³-hybridized carbons (Fsp3) is 0.545. The summed E-state index contributed by atoms with van der Waals surface area (Å²) in [4.78, 5) is 15.7. The summed E-state index contributed by atoms with van der Waals surface area (Å²) in [6.45, 7) is 1.94. The van der Waals surface area contributed by atoms with Crippen LogP contribution >= 0.6 is 11.6 Å². The number of hydrogen-bond acceptors (Lipinski definition) is 6. The van der Waals surface area contributed by atoms with Gasteiger partial charge in [0.25, 0.3) is 5.91 Å². The van der Waals surface area contributed by atoms with Crippen molar-refractivity contribution in [1.82, 2.24) is 4.72 Å². The maximum atomic E-state index is 13.3. The molecule has 0 aromatic heterocycles. The SMILES string of the molecule is O=C1NS(=O)(=O)C[C@@H](C2CC2)C/C=C\[C@H](O)[C@@H]2CC[C@H]2CN2C[C@@]3(CCCc4cc(Cl)ccc43)COc3ccc1cc32. The van der Waals surface area contributed by atoms with Crippen LogP contribution in [0.2, 0.25) is 5.02 Å². The number of sulfonamides is 1. The minimum absolute atomic E-state index is 0.0655. The van der Waals surface area contributed by atoms with E-state index < -0.39 is 22.0 Å². The zero-order chi connectivity index (χ0) is 29.1. The molecule has 2 saturated carbocycles. The van der Waals surface area contributed by atoms with Crippen LogP contribution in [-0.4, -0.2) is 51.0 Å². The number of hydrogen-bond donors (Lipinski definition) is 2. The molecule has 7 nitrogen and oxygen atoms in total. The van der Waals surface area contributed by atoms with Crippen LogP contribution in [0.15, 0.2) is 48.6 Å². The van der Waals surface area contributed by atoms with Gasteiger partial charge in [0.05, 0.1) is 24.2 Å². The molecular weight excluding hydrogens is 572 g/mol. The number of aliphatic hydroxyl groups excluding tert-OH is 1. The van der Waals surface area contributed by atoms with Gasteiger partial charge in [-0.2, -0.15) is 0 Å². The van der Waals surface area contributed by atoms with Crippen molar-refractivity contribution in [2.75, 3.05) is 30.3 Å². The van der Waals surface area contributed by atoms with E-state index in [0.29, 0.717) is 42.7 Å². The quantitative estimate of drug-likeness (QED) is 0.429. The standard InChI is InChI=1S/C33H39ClN2O5S/c34-26-10-12-28-22(15-26)4-2-14-33(28)19-36-17-24-8-11-27(24)30(37)5-1-3-25(21-6-7-21)18-42(39,40)35-32(38)23-9-13-31(41-20-33)29(36)16-23/h1,5,9-10,12-13,15-16,21,24-25,27,30,37H,2-4,6-8,11,14,17-20H2,(H,35,38)/b5-1-/t24-,25-,27+,30-,33-/m0/s1. The Morgan fingerprint density at radius 1 is 1.05 bits per heavy atom. The van der Waals surface area contributed by atoms with Crippen LogP contribution in [0.3, 0.4) is 0 Å². The number of carbonyl (C=O) groups is 1. The molecule has 42 heavy (non-hydrogen) atoms. The van der Waals surface area contributed by atoms with Gasteiger partial charge in [0, 0.05) is 29.1 Å². The van der Waals surface area contributed by atoms with Crippen LogP contribution in [0, 0.1) is 23.7 Å². The Morgan fingerprint density at radius 3 is 2.67 bits per heavy atom. The Kier molecular flexibility index (Phi) is 7.30. The van der Waals surface area contributed by atoms with Crippen molar-refractivity contribution >= 4 is 33.2 Å². The molecule has 3 aliphatic carbocycles. The summed E-state index contributed by atoms with van der Waals surface area (Å²) >= 11 is 6.39. The predicted molar refractivity (Wildman–Crippen MR) is 164 cm³/mol. The summed E-state index contributed by atoms with van der Waals surface area (Å²) in [5, 5.41) is 11.9. The molecule has 5 aliphatic rings. The number of anilines is 1. The van der Waals surface area contributed by atoms with E-state index in [2.05, 4.69) is 21.8 Å². The molecule has 5 atom stereocenters. The van der Waals surface area contributed by atoms with E-state index in [-0.39, 0.29) is 23.0 Å². The molecule has 9 heteroatoms. The number of nitrogens with zero attached hydrogens (tertiary/aromatic N) is 1. The third-order valence-electron chi connectivity index (χ3n) is 10.4. The molecule has 2 aromatic rings. The van der Waals surface area contributed by atoms with Gasteiger partial charge in [-0.05, 0) is 116 Å². The summed E-state index contributed by atoms with van der Waals surface area (Å²) < 4.78 is 35.1. The first-order valence-electron chi connectivity index (χ1n) is 15.4. The Balaban J connectivity index is 1.27. The number of benzene rings is 2. The third kappa shape index (κ3) is 5.46. The Labute approximate surface area is 253 Å². The van der Waals surface area contributed by atoms with Crippen LogP contribution in [0.4, 0.5) is 5.69 Å². The Bertz CT molecular complexity index is 1520. The average Bonchev–Trinajstić information content (AvgIpc) is 3.78. The molecular formula is C33H39ClN2O5S. The fourth-order valence-electron chi connectivity index (χ4n) is 7.83. The number of carbonyl (C=O) groups excluding carboxylic acids is 1. The van der Waals surface area contributed by atoms with Crippen LogP contribution in [-0.2, 0) is 21.9 Å². The highest BCUT2D eigenvalue weighted by atomic mass is 35.5. The highest BCUT2D eigenvalue weighted by Gasteiger charge is 2.44. The molecule has 2 heterocycles. The number of aliphatic hydroxyl groups is 1. The largest absolute Gasteiger partial charge is 0.490 e. The van der Waals surface area contributed by atoms with E-state index in [9.17, 15) is 18.3 Å². The van der Waals surface area contributed by atoms with Crippen molar-refractivity contribution < 1.29 is 23.1 Å². The molecule has 0 unspecified atom stereocenters. The first kappa shape index (κ1) is 28.2. The highest BCUT2D eigenvalue weighted by Crippen LogP contribution is 2.47. The van der Waals surface area contributed by atoms with Crippen molar-refractivity contribution in [1.29, 1.82) is 0 Å². The summed E-state index contributed by atoms with van der Waals surface area (Å²) in [5.74, 6) is 0.712. The molecule has 2 bridgehead atoms. The fourth-order valence-corrected chi connectivity index (χ4v) is 9.48. The summed E-state index contributed by atoms with van der Waals surface area (Å²) in [6, 6.07) is 11.4. The van der Waals surface area contributed by atoms with Gasteiger partial charge < -0.3 is 14.7 Å². The lowest BCUT2D eigenvalue weighted by Gasteiger charge is -2.45. The molecule has 224 valence electrons. The molecule has 2 aliphatic heterocycles. The van der Waals surface area contributed by atoms with E-state index in [0.717, 1.165) is 62.2 Å². The van der Waals surface area contributed by atoms with E-state index >= 15 is 0 Å². The summed E-state index contributed by atoms with van der Waals surface area (Å²) in [5.41, 5.74) is 3.38. The van der Waals surface area contributed by atoms with Gasteiger partial charge >= 0.3 is 0 Å². The van der Waals surface area contributed by atoms with Crippen LogP contribution in [0.1, 0.15) is 66.4 Å². The molecule has 0 radical (unpaired) electrons. The lowest BCUT2D eigenvalue weighted by molar-refractivity contribution is 0.0455. The zero-order valence-corrected chi connectivity index (χ0v) is 25.4. The van der Waals surface area contributed by atoms with Crippen molar-refractivity contribution in [2.45, 2.75) is 62.9 Å². The monoisotopic (exact) mass is 610 g/mol. The van der Waals surface area contributed by atoms with Gasteiger partial charge in [0.15, 0.2) is 0 Å². The van der Waals surface area contributed by atoms with Gasteiger partial charge in [0.1, 0.15) is 5.75 Å². The average molecular weight is 611 g/mol. The minimum Gasteiger partial charge on any atom is -0.490 e. The molecule has 2 fully saturated rings. The van der Waals surface area contributed by atoms with Crippen LogP contribution in [0.25, 0.3) is 0 Å². The van der Waals surface area contributed by atoms with Gasteiger partial charge in [-0.1, -0.05) is 29.8 Å². The van der Waals surface area contributed by atoms with E-state index in [1.165, 1.54) is 11.1 Å². The lowest BCUT2D eigenvalue weighted by Crippen LogP contribution is -2.49. The van der Waals surface area contributed by atoms with E-state index in [1.807, 2.05) is 18.2 Å². The van der Waals surface area contributed by atoms with Crippen molar-refractivity contribution in [3.8, 4) is 5.75 Å². The van der Waals surface area contributed by atoms with Crippen LogP contribution in [0.5, 0.6) is 5.75 Å². The minimum atomic E-state index is -3.84. The molecule has 2 aromatic carbocycles. The topological polar surface area (TPSA) is 95.9 Å². The zero-order valence-electron chi connectivity index (χ0n) is 23.8. The number of aryl methyl sites for hydroxylation is 1. The van der Waals surface area contributed by atoms with Gasteiger partial charge in [-0.15, -0.1) is 0 Å². The first-order valence-corrected chi connectivity index (χ1v) is 17.4. The smallest absolute Gasteiger partial charge is 0.264 e. The molecule has 1 spiro atoms. The number of fused-ring (bicyclic) bond motifs is 4. The van der Waals surface area contributed by atoms with Crippen molar-refractivity contribution in [3.63, 3.8) is 0 Å². The van der Waals surface area contributed by atoms with Gasteiger partial charge in [0.2, 0.25) is 10.0 Å². The van der Waals surface area contributed by atoms with Gasteiger partial charge in [-0.3, -0.25) is 4.79 Å². The maximum Gasteiger partial charge on any atom is 0.264 e. The molecule has 7 rings (SSSR count). The second-order valence-electron chi connectivity index (χ2n) is 13.3. The Morgan fingerprint density at radius 2 is 1.88 bits per heavy atom. The summed E-state index contributed by atoms with van der Waals surface area (Å²) in [7, 11) is -3.84. The number of nitrogens with one attached hydrogen (secondary N) is 1. The first-order chi connectivity index (χ1) is 20.2. The maximum absolute atomic E-state index is 13.3.